The van der Waals surface area contributed by atoms with Crippen molar-refractivity contribution in [2.45, 2.75) is 19.2 Å². The standard InChI is InChI=1S/C13H13F3INO2/c1-8-7-18(4-5-20-8)12(19)9-2-3-11(17)10(6-9)13(14,15)16/h2-3,6,8H,4-5,7H2,1H3/t8-/m1/s1. The van der Waals surface area contributed by atoms with Crippen LogP contribution < -0.4 is 0 Å². The topological polar surface area (TPSA) is 29.5 Å². The van der Waals surface area contributed by atoms with Gasteiger partial charge in [-0.05, 0) is 47.7 Å². The Labute approximate surface area is 128 Å². The van der Waals surface area contributed by atoms with E-state index in [1.807, 2.05) is 6.92 Å². The largest absolute Gasteiger partial charge is 0.417 e. The SMILES string of the molecule is C[C@@H]1CN(C(=O)c2ccc(I)c(C(F)(F)F)c2)CCO1. The minimum atomic E-state index is -4.45. The fourth-order valence-electron chi connectivity index (χ4n) is 2.06. The van der Waals surface area contributed by atoms with Crippen molar-refractivity contribution in [1.82, 2.24) is 4.90 Å². The summed E-state index contributed by atoms with van der Waals surface area (Å²) in [6, 6.07) is 3.67. The van der Waals surface area contributed by atoms with E-state index in [1.54, 1.807) is 22.6 Å². The molecule has 110 valence electrons. The van der Waals surface area contributed by atoms with Crippen LogP contribution in [0.15, 0.2) is 18.2 Å². The highest BCUT2D eigenvalue weighted by Gasteiger charge is 2.34. The van der Waals surface area contributed by atoms with Gasteiger partial charge in [0, 0.05) is 22.2 Å². The highest BCUT2D eigenvalue weighted by atomic mass is 127. The van der Waals surface area contributed by atoms with Crippen molar-refractivity contribution in [1.29, 1.82) is 0 Å². The predicted octanol–water partition coefficient (Wildman–Crippen LogP) is 3.17. The van der Waals surface area contributed by atoms with Gasteiger partial charge >= 0.3 is 6.18 Å². The molecule has 0 aromatic heterocycles. The summed E-state index contributed by atoms with van der Waals surface area (Å²) < 4.78 is 43.9. The number of halogens is 4. The van der Waals surface area contributed by atoms with E-state index in [2.05, 4.69) is 0 Å². The Morgan fingerprint density at radius 1 is 1.45 bits per heavy atom. The molecule has 1 aromatic carbocycles. The summed E-state index contributed by atoms with van der Waals surface area (Å²) in [5.41, 5.74) is -0.711. The van der Waals surface area contributed by atoms with Crippen molar-refractivity contribution in [3.63, 3.8) is 0 Å². The number of benzene rings is 1. The van der Waals surface area contributed by atoms with E-state index in [0.29, 0.717) is 19.7 Å². The summed E-state index contributed by atoms with van der Waals surface area (Å²) in [4.78, 5) is 13.8. The van der Waals surface area contributed by atoms with Gasteiger partial charge < -0.3 is 9.64 Å². The summed E-state index contributed by atoms with van der Waals surface area (Å²) in [6.45, 7) is 3.03. The molecular weight excluding hydrogens is 386 g/mol. The molecule has 0 bridgehead atoms. The van der Waals surface area contributed by atoms with Gasteiger partial charge in [0.05, 0.1) is 18.3 Å². The van der Waals surface area contributed by atoms with Crippen LogP contribution in [0, 0.1) is 3.57 Å². The van der Waals surface area contributed by atoms with Crippen LogP contribution >= 0.6 is 22.6 Å². The third kappa shape index (κ3) is 3.43. The molecule has 7 heteroatoms. The summed E-state index contributed by atoms with van der Waals surface area (Å²) >= 11 is 1.62. The molecule has 1 aliphatic heterocycles. The number of morpholine rings is 1. The molecule has 1 saturated heterocycles. The van der Waals surface area contributed by atoms with E-state index in [0.717, 1.165) is 6.07 Å². The molecule has 1 atom stereocenters. The molecule has 0 aliphatic carbocycles. The number of amides is 1. The normalized spacial score (nSPS) is 20.1. The van der Waals surface area contributed by atoms with Crippen molar-refractivity contribution in [2.24, 2.45) is 0 Å². The van der Waals surface area contributed by atoms with Gasteiger partial charge in [0.25, 0.3) is 5.91 Å². The first-order valence-corrected chi connectivity index (χ1v) is 7.14. The first kappa shape index (κ1) is 15.6. The maximum absolute atomic E-state index is 12.8. The second-order valence-corrected chi connectivity index (χ2v) is 5.79. The number of hydrogen-bond donors (Lipinski definition) is 0. The molecule has 3 nitrogen and oxygen atoms in total. The predicted molar refractivity (Wildman–Crippen MR) is 75.5 cm³/mol. The monoisotopic (exact) mass is 399 g/mol. The maximum Gasteiger partial charge on any atom is 0.417 e. The molecule has 1 heterocycles. The zero-order valence-electron chi connectivity index (χ0n) is 10.7. The zero-order valence-corrected chi connectivity index (χ0v) is 12.9. The van der Waals surface area contributed by atoms with Crippen LogP contribution in [0.2, 0.25) is 0 Å². The average Bonchev–Trinajstić information content (AvgIpc) is 2.37. The van der Waals surface area contributed by atoms with Crippen LogP contribution in [-0.4, -0.2) is 36.6 Å². The van der Waals surface area contributed by atoms with Crippen LogP contribution in [0.4, 0.5) is 13.2 Å². The lowest BCUT2D eigenvalue weighted by Crippen LogP contribution is -2.44. The number of carbonyl (C=O) groups is 1. The molecule has 0 saturated carbocycles. The lowest BCUT2D eigenvalue weighted by Gasteiger charge is -2.31. The maximum atomic E-state index is 12.8. The molecule has 2 rings (SSSR count). The van der Waals surface area contributed by atoms with Crippen LogP contribution in [0.1, 0.15) is 22.8 Å². The smallest absolute Gasteiger partial charge is 0.375 e. The van der Waals surface area contributed by atoms with Gasteiger partial charge in [0.15, 0.2) is 0 Å². The minimum Gasteiger partial charge on any atom is -0.375 e. The Hall–Kier alpha value is -0.830. The number of nitrogens with zero attached hydrogens (tertiary/aromatic N) is 1. The van der Waals surface area contributed by atoms with Crippen molar-refractivity contribution < 1.29 is 22.7 Å². The third-order valence-corrected chi connectivity index (χ3v) is 3.99. The summed E-state index contributed by atoms with van der Waals surface area (Å²) in [7, 11) is 0. The summed E-state index contributed by atoms with van der Waals surface area (Å²) in [5.74, 6) is -0.387. The van der Waals surface area contributed by atoms with Gasteiger partial charge in [-0.2, -0.15) is 13.2 Å². The van der Waals surface area contributed by atoms with Crippen LogP contribution in [0.25, 0.3) is 0 Å². The fourth-order valence-corrected chi connectivity index (χ4v) is 2.70. The van der Waals surface area contributed by atoms with E-state index in [-0.39, 0.29) is 21.1 Å². The summed E-state index contributed by atoms with van der Waals surface area (Å²) in [5, 5.41) is 0. The van der Waals surface area contributed by atoms with E-state index in [1.165, 1.54) is 17.0 Å². The van der Waals surface area contributed by atoms with Crippen molar-refractivity contribution in [2.75, 3.05) is 19.7 Å². The van der Waals surface area contributed by atoms with Gasteiger partial charge in [0.2, 0.25) is 0 Å². The molecule has 1 amide bonds. The van der Waals surface area contributed by atoms with E-state index in [4.69, 9.17) is 4.74 Å². The summed E-state index contributed by atoms with van der Waals surface area (Å²) in [6.07, 6.45) is -4.55. The first-order valence-electron chi connectivity index (χ1n) is 6.06. The Bertz CT molecular complexity index is 519. The Morgan fingerprint density at radius 2 is 2.15 bits per heavy atom. The molecule has 0 radical (unpaired) electrons. The molecule has 0 N–H and O–H groups in total. The number of rotatable bonds is 1. The molecule has 0 unspecified atom stereocenters. The van der Waals surface area contributed by atoms with E-state index in [9.17, 15) is 18.0 Å². The molecule has 20 heavy (non-hydrogen) atoms. The van der Waals surface area contributed by atoms with Crippen molar-refractivity contribution in [3.8, 4) is 0 Å². The van der Waals surface area contributed by atoms with Crippen LogP contribution in [0.5, 0.6) is 0 Å². The fraction of sp³-hybridized carbons (Fsp3) is 0.462. The van der Waals surface area contributed by atoms with E-state index >= 15 is 0 Å². The molecule has 1 aliphatic rings. The Morgan fingerprint density at radius 3 is 2.75 bits per heavy atom. The second-order valence-electron chi connectivity index (χ2n) is 4.62. The van der Waals surface area contributed by atoms with E-state index < -0.39 is 11.7 Å². The molecule has 1 aromatic rings. The average molecular weight is 399 g/mol. The number of carbonyl (C=O) groups excluding carboxylic acids is 1. The molecular formula is C13H13F3INO2. The third-order valence-electron chi connectivity index (χ3n) is 3.05. The van der Waals surface area contributed by atoms with Crippen molar-refractivity contribution >= 4 is 28.5 Å². The first-order chi connectivity index (χ1) is 9.29. The number of hydrogen-bond acceptors (Lipinski definition) is 2. The zero-order chi connectivity index (χ0) is 14.9. The second kappa shape index (κ2) is 5.88. The van der Waals surface area contributed by atoms with Gasteiger partial charge in [-0.3, -0.25) is 4.79 Å². The number of alkyl halides is 3. The van der Waals surface area contributed by atoms with Gasteiger partial charge in [-0.1, -0.05) is 0 Å². The van der Waals surface area contributed by atoms with Crippen LogP contribution in [0.3, 0.4) is 0 Å². The Kier molecular flexibility index (Phi) is 4.58. The highest BCUT2D eigenvalue weighted by Crippen LogP contribution is 2.33. The highest BCUT2D eigenvalue weighted by molar-refractivity contribution is 14.1. The van der Waals surface area contributed by atoms with Crippen LogP contribution in [-0.2, 0) is 10.9 Å². The van der Waals surface area contributed by atoms with Gasteiger partial charge in [-0.25, -0.2) is 0 Å². The van der Waals surface area contributed by atoms with Crippen molar-refractivity contribution in [3.05, 3.63) is 32.9 Å². The lowest BCUT2D eigenvalue weighted by atomic mass is 10.1. The van der Waals surface area contributed by atoms with Gasteiger partial charge in [0.1, 0.15) is 0 Å². The lowest BCUT2D eigenvalue weighted by molar-refractivity contribution is -0.138. The minimum absolute atomic E-state index is 0.0619. The molecule has 1 fully saturated rings. The molecule has 0 spiro atoms. The Balaban J connectivity index is 2.26. The number of ether oxygens (including phenoxy) is 1. The van der Waals surface area contributed by atoms with Gasteiger partial charge in [-0.15, -0.1) is 0 Å². The quantitative estimate of drug-likeness (QED) is 0.680.